The van der Waals surface area contributed by atoms with Gasteiger partial charge >= 0.3 is 6.18 Å². The monoisotopic (exact) mass is 489 g/mol. The minimum atomic E-state index is -4.60. The molecule has 2 N–H and O–H groups in total. The Balaban J connectivity index is 1.66. The number of hydrogen-bond donors (Lipinski definition) is 1. The van der Waals surface area contributed by atoms with Crippen molar-refractivity contribution in [2.45, 2.75) is 19.3 Å². The number of nitriles is 1. The van der Waals surface area contributed by atoms with Crippen LogP contribution in [0.5, 0.6) is 0 Å². The van der Waals surface area contributed by atoms with Crippen molar-refractivity contribution in [3.8, 4) is 28.6 Å². The van der Waals surface area contributed by atoms with Crippen LogP contribution in [-0.4, -0.2) is 25.7 Å². The van der Waals surface area contributed by atoms with Gasteiger partial charge in [0.25, 0.3) is 5.91 Å². The number of anilines is 1. The summed E-state index contributed by atoms with van der Waals surface area (Å²) in [4.78, 5) is 18.8. The van der Waals surface area contributed by atoms with Crippen LogP contribution in [-0.2, 0) is 26.3 Å². The van der Waals surface area contributed by atoms with Gasteiger partial charge in [0.05, 0.1) is 29.4 Å². The van der Waals surface area contributed by atoms with E-state index in [2.05, 4.69) is 21.3 Å². The Kier molecular flexibility index (Phi) is 5.53. The van der Waals surface area contributed by atoms with Gasteiger partial charge in [0.2, 0.25) is 0 Å². The first-order chi connectivity index (χ1) is 17.2. The maximum Gasteiger partial charge on any atom is 0.416 e. The van der Waals surface area contributed by atoms with Crippen molar-refractivity contribution in [1.82, 2.24) is 19.7 Å². The van der Waals surface area contributed by atoms with Crippen LogP contribution in [0.4, 0.5) is 19.0 Å². The van der Waals surface area contributed by atoms with Gasteiger partial charge in [-0.15, -0.1) is 10.2 Å². The van der Waals surface area contributed by atoms with Crippen LogP contribution in [0.15, 0.2) is 54.9 Å². The second-order valence-electron chi connectivity index (χ2n) is 8.27. The second-order valence-corrected chi connectivity index (χ2v) is 8.27. The molecule has 11 heteroatoms. The molecular weight excluding hydrogens is 471 g/mol. The van der Waals surface area contributed by atoms with Crippen molar-refractivity contribution in [2.24, 2.45) is 12.8 Å². The molecule has 0 saturated carbocycles. The molecule has 1 amide bonds. The lowest BCUT2D eigenvalue weighted by Gasteiger charge is -2.18. The molecular formula is C25H18F3N7O. The molecule has 1 aliphatic rings. The maximum absolute atomic E-state index is 13.6. The third-order valence-corrected chi connectivity index (χ3v) is 6.04. The van der Waals surface area contributed by atoms with Crippen LogP contribution >= 0.6 is 0 Å². The van der Waals surface area contributed by atoms with Gasteiger partial charge in [0.15, 0.2) is 5.82 Å². The average molecular weight is 489 g/mol. The Morgan fingerprint density at radius 1 is 1.11 bits per heavy atom. The first-order valence-corrected chi connectivity index (χ1v) is 10.8. The number of halogens is 3. The van der Waals surface area contributed by atoms with Crippen molar-refractivity contribution in [2.75, 3.05) is 4.90 Å². The number of nitrogens with zero attached hydrogens (tertiary/aromatic N) is 6. The van der Waals surface area contributed by atoms with Crippen LogP contribution < -0.4 is 10.6 Å². The van der Waals surface area contributed by atoms with Gasteiger partial charge in [0, 0.05) is 24.7 Å². The van der Waals surface area contributed by atoms with Gasteiger partial charge in [-0.3, -0.25) is 9.69 Å². The van der Waals surface area contributed by atoms with Gasteiger partial charge in [-0.05, 0) is 59.2 Å². The standard InChI is InChI=1S/C25H18F3N7O/c1-34-13-31-33-23(34)17-6-5-14(10-29)7-19(17)15-8-16(11-30)32-22(9-15)35-12-20-18(24(35)36)3-2-4-21(20)25(26,27)28/h2-9,13H,11-12,30H2,1H3. The number of carbonyl (C=O) groups excluding carboxylic acids is 1. The molecule has 36 heavy (non-hydrogen) atoms. The van der Waals surface area contributed by atoms with E-state index in [0.717, 1.165) is 6.07 Å². The minimum Gasteiger partial charge on any atom is -0.325 e. The molecule has 0 bridgehead atoms. The van der Waals surface area contributed by atoms with Gasteiger partial charge in [-0.1, -0.05) is 6.07 Å². The molecule has 5 rings (SSSR count). The van der Waals surface area contributed by atoms with Gasteiger partial charge < -0.3 is 10.3 Å². The smallest absolute Gasteiger partial charge is 0.325 e. The number of nitrogens with two attached hydrogens (primary N) is 1. The van der Waals surface area contributed by atoms with Crippen LogP contribution in [0.2, 0.25) is 0 Å². The van der Waals surface area contributed by atoms with Crippen molar-refractivity contribution in [3.05, 3.63) is 82.8 Å². The Labute approximate surface area is 203 Å². The molecule has 8 nitrogen and oxygen atoms in total. The molecule has 3 heterocycles. The van der Waals surface area contributed by atoms with Gasteiger partial charge in [-0.2, -0.15) is 18.4 Å². The quantitative estimate of drug-likeness (QED) is 0.463. The molecule has 0 unspecified atom stereocenters. The zero-order valence-corrected chi connectivity index (χ0v) is 18.9. The molecule has 4 aromatic rings. The lowest BCUT2D eigenvalue weighted by molar-refractivity contribution is -0.138. The van der Waals surface area contributed by atoms with Crippen molar-refractivity contribution in [3.63, 3.8) is 0 Å². The Morgan fingerprint density at radius 3 is 2.58 bits per heavy atom. The Morgan fingerprint density at radius 2 is 1.92 bits per heavy atom. The number of hydrogen-bond acceptors (Lipinski definition) is 6. The third kappa shape index (κ3) is 3.87. The predicted octanol–water partition coefficient (Wildman–Crippen LogP) is 4.05. The number of benzene rings is 2. The van der Waals surface area contributed by atoms with E-state index in [4.69, 9.17) is 5.73 Å². The lowest BCUT2D eigenvalue weighted by atomic mass is 9.96. The first kappa shape index (κ1) is 23.2. The third-order valence-electron chi connectivity index (χ3n) is 6.04. The lowest BCUT2D eigenvalue weighted by Crippen LogP contribution is -2.24. The molecule has 0 atom stereocenters. The second kappa shape index (κ2) is 8.58. The molecule has 180 valence electrons. The van der Waals surface area contributed by atoms with Gasteiger partial charge in [0.1, 0.15) is 12.1 Å². The van der Waals surface area contributed by atoms with E-state index >= 15 is 0 Å². The summed E-state index contributed by atoms with van der Waals surface area (Å²) in [6, 6.07) is 14.1. The molecule has 0 aliphatic carbocycles. The molecule has 0 radical (unpaired) electrons. The molecule has 1 aliphatic heterocycles. The molecule has 0 saturated heterocycles. The van der Waals surface area contributed by atoms with E-state index in [1.807, 2.05) is 0 Å². The summed E-state index contributed by atoms with van der Waals surface area (Å²) in [6.07, 6.45) is -3.05. The van der Waals surface area contributed by atoms with E-state index < -0.39 is 17.6 Å². The number of alkyl halides is 3. The van der Waals surface area contributed by atoms with Crippen molar-refractivity contribution < 1.29 is 18.0 Å². The predicted molar refractivity (Wildman–Crippen MR) is 124 cm³/mol. The fraction of sp³-hybridized carbons (Fsp3) is 0.160. The molecule has 0 spiro atoms. The first-order valence-electron chi connectivity index (χ1n) is 10.8. The van der Waals surface area contributed by atoms with Crippen molar-refractivity contribution >= 4 is 11.7 Å². The molecule has 2 aromatic carbocycles. The molecule has 2 aromatic heterocycles. The summed E-state index contributed by atoms with van der Waals surface area (Å²) in [5, 5.41) is 17.6. The van der Waals surface area contributed by atoms with E-state index in [-0.39, 0.29) is 30.0 Å². The summed E-state index contributed by atoms with van der Waals surface area (Å²) in [7, 11) is 1.78. The molecule has 0 fully saturated rings. The highest BCUT2D eigenvalue weighted by Crippen LogP contribution is 2.39. The average Bonchev–Trinajstić information content (AvgIpc) is 3.45. The van der Waals surface area contributed by atoms with Crippen LogP contribution in [0, 0.1) is 11.3 Å². The van der Waals surface area contributed by atoms with E-state index in [1.54, 1.807) is 48.3 Å². The maximum atomic E-state index is 13.6. The topological polar surface area (TPSA) is 114 Å². The number of pyridine rings is 1. The number of aromatic nitrogens is 4. The number of carbonyl (C=O) groups is 1. The van der Waals surface area contributed by atoms with Crippen molar-refractivity contribution in [1.29, 1.82) is 5.26 Å². The summed E-state index contributed by atoms with van der Waals surface area (Å²) in [5.41, 5.74) is 7.60. The highest BCUT2D eigenvalue weighted by atomic mass is 19.4. The van der Waals surface area contributed by atoms with E-state index in [9.17, 15) is 23.2 Å². The highest BCUT2D eigenvalue weighted by Gasteiger charge is 2.40. The van der Waals surface area contributed by atoms with Crippen LogP contribution in [0.25, 0.3) is 22.5 Å². The largest absolute Gasteiger partial charge is 0.416 e. The van der Waals surface area contributed by atoms with E-state index in [0.29, 0.717) is 33.8 Å². The van der Waals surface area contributed by atoms with Crippen LogP contribution in [0.1, 0.15) is 32.7 Å². The number of fused-ring (bicyclic) bond motifs is 1. The summed E-state index contributed by atoms with van der Waals surface area (Å²) in [6.45, 7) is -0.250. The Bertz CT molecular complexity index is 1550. The fourth-order valence-electron chi connectivity index (χ4n) is 4.33. The van der Waals surface area contributed by atoms with Crippen LogP contribution in [0.3, 0.4) is 0 Å². The van der Waals surface area contributed by atoms with E-state index in [1.165, 1.54) is 17.0 Å². The fourth-order valence-corrected chi connectivity index (χ4v) is 4.33. The zero-order chi connectivity index (χ0) is 25.6. The summed E-state index contributed by atoms with van der Waals surface area (Å²) in [5.74, 6) is 0.123. The summed E-state index contributed by atoms with van der Waals surface area (Å²) < 4.78 is 42.5. The minimum absolute atomic E-state index is 0.0161. The van der Waals surface area contributed by atoms with Gasteiger partial charge in [-0.25, -0.2) is 4.98 Å². The zero-order valence-electron chi connectivity index (χ0n) is 18.9. The highest BCUT2D eigenvalue weighted by molar-refractivity contribution is 6.10. The Hall–Kier alpha value is -4.56. The SMILES string of the molecule is Cn1cnnc1-c1ccc(C#N)cc1-c1cc(CN)nc(N2Cc3c(cccc3C(F)(F)F)C2=O)c1. The number of rotatable bonds is 4. The number of aryl methyl sites for hydroxylation is 1. The summed E-state index contributed by atoms with van der Waals surface area (Å²) >= 11 is 0. The number of amides is 1. The normalized spacial score (nSPS) is 13.1.